The van der Waals surface area contributed by atoms with Crippen LogP contribution >= 0.6 is 0 Å². The zero-order chi connectivity index (χ0) is 20.9. The lowest BCUT2D eigenvalue weighted by Gasteiger charge is -2.31. The molecule has 2 unspecified atom stereocenters. The Labute approximate surface area is 164 Å². The Morgan fingerprint density at radius 3 is 2.32 bits per heavy atom. The van der Waals surface area contributed by atoms with E-state index in [0.717, 1.165) is 11.1 Å². The van der Waals surface area contributed by atoms with Crippen molar-refractivity contribution in [1.82, 2.24) is 9.88 Å². The fourth-order valence-corrected chi connectivity index (χ4v) is 2.82. The van der Waals surface area contributed by atoms with Gasteiger partial charge in [-0.3, -0.25) is 9.59 Å². The van der Waals surface area contributed by atoms with Crippen LogP contribution in [-0.4, -0.2) is 39.3 Å². The largest absolute Gasteiger partial charge is 0.481 e. The summed E-state index contributed by atoms with van der Waals surface area (Å²) in [4.78, 5) is 24.1. The second kappa shape index (κ2) is 8.72. The third-order valence-corrected chi connectivity index (χ3v) is 4.64. The number of aliphatic hydroxyl groups is 1. The first kappa shape index (κ1) is 21.2. The quantitative estimate of drug-likeness (QED) is 0.680. The molecule has 2 aromatic rings. The van der Waals surface area contributed by atoms with Crippen molar-refractivity contribution in [3.05, 3.63) is 48.3 Å². The van der Waals surface area contributed by atoms with Crippen LogP contribution in [0, 0.1) is 16.7 Å². The Morgan fingerprint density at radius 2 is 1.82 bits per heavy atom. The molecule has 0 saturated heterocycles. The van der Waals surface area contributed by atoms with E-state index in [2.05, 4.69) is 11.4 Å². The Morgan fingerprint density at radius 1 is 1.18 bits per heavy atom. The van der Waals surface area contributed by atoms with E-state index in [-0.39, 0.29) is 18.4 Å². The summed E-state index contributed by atoms with van der Waals surface area (Å²) < 4.78 is 1.56. The van der Waals surface area contributed by atoms with Crippen molar-refractivity contribution in [1.29, 1.82) is 5.26 Å². The number of aromatic nitrogens is 1. The summed E-state index contributed by atoms with van der Waals surface area (Å²) in [6, 6.07) is 9.40. The lowest BCUT2D eigenvalue weighted by Crippen LogP contribution is -2.48. The summed E-state index contributed by atoms with van der Waals surface area (Å²) in [6.45, 7) is 5.42. The second-order valence-electron chi connectivity index (χ2n) is 7.76. The van der Waals surface area contributed by atoms with Crippen LogP contribution in [0.4, 0.5) is 0 Å². The number of rotatable bonds is 7. The molecule has 0 radical (unpaired) electrons. The molecule has 0 bridgehead atoms. The average molecular weight is 383 g/mol. The standard InChI is InChI=1S/C21H25N3O4/c1-21(2,3)18(13-25)23-20(28)17(10-19(26)27)24-9-8-16(12-24)15-6-4-14(11-22)5-7-15/h4-9,12,17-18,25H,10,13H2,1-3H3,(H,23,28)(H,26,27). The van der Waals surface area contributed by atoms with Gasteiger partial charge >= 0.3 is 5.97 Å². The maximum atomic E-state index is 12.8. The molecule has 0 aliphatic heterocycles. The van der Waals surface area contributed by atoms with Gasteiger partial charge in [0.05, 0.1) is 30.7 Å². The van der Waals surface area contributed by atoms with E-state index in [1.165, 1.54) is 0 Å². The Bertz CT molecular complexity index is 872. The number of carboxylic acid groups (broad SMARTS) is 1. The number of benzene rings is 1. The van der Waals surface area contributed by atoms with Crippen molar-refractivity contribution >= 4 is 11.9 Å². The molecule has 0 aliphatic carbocycles. The Balaban J connectivity index is 2.28. The zero-order valence-corrected chi connectivity index (χ0v) is 16.2. The van der Waals surface area contributed by atoms with Crippen molar-refractivity contribution in [3.63, 3.8) is 0 Å². The van der Waals surface area contributed by atoms with Crippen LogP contribution in [0.15, 0.2) is 42.7 Å². The van der Waals surface area contributed by atoms with Crippen molar-refractivity contribution in [3.8, 4) is 17.2 Å². The van der Waals surface area contributed by atoms with Gasteiger partial charge in [-0.05, 0) is 34.7 Å². The molecule has 0 spiro atoms. The fourth-order valence-electron chi connectivity index (χ4n) is 2.82. The minimum absolute atomic E-state index is 0.239. The van der Waals surface area contributed by atoms with E-state index in [4.69, 9.17) is 5.26 Å². The molecule has 1 amide bonds. The SMILES string of the molecule is CC(C)(C)C(CO)NC(=O)C(CC(=O)O)n1ccc(-c2ccc(C#N)cc2)c1. The summed E-state index contributed by atoms with van der Waals surface area (Å²) in [5.41, 5.74) is 1.84. The fraction of sp³-hybridized carbons (Fsp3) is 0.381. The van der Waals surface area contributed by atoms with Gasteiger partial charge in [-0.2, -0.15) is 5.26 Å². The van der Waals surface area contributed by atoms with Crippen molar-refractivity contribution in [2.24, 2.45) is 5.41 Å². The van der Waals surface area contributed by atoms with Crippen molar-refractivity contribution in [2.75, 3.05) is 6.61 Å². The number of nitrogens with zero attached hydrogens (tertiary/aromatic N) is 2. The molecule has 7 nitrogen and oxygen atoms in total. The van der Waals surface area contributed by atoms with Crippen LogP contribution < -0.4 is 5.32 Å². The minimum atomic E-state index is -1.09. The Kier molecular flexibility index (Phi) is 6.60. The van der Waals surface area contributed by atoms with Crippen LogP contribution in [0.3, 0.4) is 0 Å². The summed E-state index contributed by atoms with van der Waals surface area (Å²) in [5.74, 6) is -1.55. The molecular weight excluding hydrogens is 358 g/mol. The van der Waals surface area contributed by atoms with E-state index in [1.807, 2.05) is 20.8 Å². The van der Waals surface area contributed by atoms with Crippen LogP contribution in [0.1, 0.15) is 38.8 Å². The number of hydrogen-bond acceptors (Lipinski definition) is 4. The molecule has 0 saturated carbocycles. The number of aliphatic carboxylic acids is 1. The van der Waals surface area contributed by atoms with Gasteiger partial charge in [0, 0.05) is 12.4 Å². The maximum Gasteiger partial charge on any atom is 0.306 e. The summed E-state index contributed by atoms with van der Waals surface area (Å²) in [6.07, 6.45) is 2.99. The zero-order valence-electron chi connectivity index (χ0n) is 16.2. The number of carboxylic acids is 1. The lowest BCUT2D eigenvalue weighted by molar-refractivity contribution is -0.141. The molecular formula is C21H25N3O4. The van der Waals surface area contributed by atoms with Crippen LogP contribution in [0.2, 0.25) is 0 Å². The molecule has 148 valence electrons. The number of aliphatic hydroxyl groups excluding tert-OH is 1. The number of nitrogens with one attached hydrogen (secondary N) is 1. The van der Waals surface area contributed by atoms with E-state index in [0.29, 0.717) is 5.56 Å². The number of amides is 1. The van der Waals surface area contributed by atoms with E-state index in [9.17, 15) is 19.8 Å². The van der Waals surface area contributed by atoms with Gasteiger partial charge in [-0.25, -0.2) is 0 Å². The van der Waals surface area contributed by atoms with Crippen LogP contribution in [-0.2, 0) is 9.59 Å². The summed E-state index contributed by atoms with van der Waals surface area (Å²) in [5, 5.41) is 30.5. The number of nitriles is 1. The number of carbonyl (C=O) groups is 2. The highest BCUT2D eigenvalue weighted by molar-refractivity contribution is 5.85. The highest BCUT2D eigenvalue weighted by atomic mass is 16.4. The smallest absolute Gasteiger partial charge is 0.306 e. The highest BCUT2D eigenvalue weighted by Gasteiger charge is 2.30. The van der Waals surface area contributed by atoms with Gasteiger partial charge in [0.15, 0.2) is 0 Å². The average Bonchev–Trinajstić information content (AvgIpc) is 3.12. The minimum Gasteiger partial charge on any atom is -0.481 e. The van der Waals surface area contributed by atoms with Gasteiger partial charge in [-0.1, -0.05) is 32.9 Å². The van der Waals surface area contributed by atoms with Gasteiger partial charge in [0.2, 0.25) is 5.91 Å². The molecule has 1 aromatic heterocycles. The summed E-state index contributed by atoms with van der Waals surface area (Å²) in [7, 11) is 0. The van der Waals surface area contributed by atoms with Gasteiger partial charge < -0.3 is 20.1 Å². The van der Waals surface area contributed by atoms with E-state index >= 15 is 0 Å². The predicted octanol–water partition coefficient (Wildman–Crippen LogP) is 2.57. The maximum absolute atomic E-state index is 12.8. The lowest BCUT2D eigenvalue weighted by atomic mass is 9.87. The molecule has 1 aromatic carbocycles. The molecule has 7 heteroatoms. The van der Waals surface area contributed by atoms with E-state index < -0.39 is 24.0 Å². The van der Waals surface area contributed by atoms with Crippen LogP contribution in [0.25, 0.3) is 11.1 Å². The first-order chi connectivity index (χ1) is 13.2. The first-order valence-corrected chi connectivity index (χ1v) is 8.96. The van der Waals surface area contributed by atoms with Crippen LogP contribution in [0.5, 0.6) is 0 Å². The number of hydrogen-bond donors (Lipinski definition) is 3. The molecule has 0 aliphatic rings. The molecule has 2 atom stereocenters. The van der Waals surface area contributed by atoms with Gasteiger partial charge in [0.1, 0.15) is 6.04 Å². The summed E-state index contributed by atoms with van der Waals surface area (Å²) >= 11 is 0. The number of carbonyl (C=O) groups excluding carboxylic acids is 1. The first-order valence-electron chi connectivity index (χ1n) is 8.96. The molecule has 0 fully saturated rings. The second-order valence-corrected chi connectivity index (χ2v) is 7.76. The van der Waals surface area contributed by atoms with Crippen molar-refractivity contribution in [2.45, 2.75) is 39.3 Å². The molecule has 3 N–H and O–H groups in total. The third-order valence-electron chi connectivity index (χ3n) is 4.64. The predicted molar refractivity (Wildman–Crippen MR) is 104 cm³/mol. The van der Waals surface area contributed by atoms with Gasteiger partial charge in [0.25, 0.3) is 0 Å². The normalized spacial score (nSPS) is 13.4. The highest BCUT2D eigenvalue weighted by Crippen LogP contribution is 2.25. The molecule has 1 heterocycles. The van der Waals surface area contributed by atoms with E-state index in [1.54, 1.807) is 47.3 Å². The molecule has 2 rings (SSSR count). The topological polar surface area (TPSA) is 115 Å². The van der Waals surface area contributed by atoms with Crippen molar-refractivity contribution < 1.29 is 19.8 Å². The third kappa shape index (κ3) is 5.21. The molecule has 28 heavy (non-hydrogen) atoms. The Hall–Kier alpha value is -3.11. The van der Waals surface area contributed by atoms with Gasteiger partial charge in [-0.15, -0.1) is 0 Å². The monoisotopic (exact) mass is 383 g/mol.